The van der Waals surface area contributed by atoms with Gasteiger partial charge >= 0.3 is 0 Å². The van der Waals surface area contributed by atoms with Gasteiger partial charge in [-0.2, -0.15) is 0 Å². The number of fused-ring (bicyclic) bond motifs is 1. The number of ether oxygens (including phenoxy) is 1. The average Bonchev–Trinajstić information content (AvgIpc) is 2.59. The first kappa shape index (κ1) is 17.2. The minimum Gasteiger partial charge on any atom is -0.496 e. The summed E-state index contributed by atoms with van der Waals surface area (Å²) in [7, 11) is 1.53. The van der Waals surface area contributed by atoms with E-state index in [0.29, 0.717) is 33.4 Å². The number of aromatic nitrogens is 2. The lowest BCUT2D eigenvalue weighted by molar-refractivity contribution is 0.103. The molecule has 25 heavy (non-hydrogen) atoms. The molecule has 0 bridgehead atoms. The summed E-state index contributed by atoms with van der Waals surface area (Å²) in [4.78, 5) is 21.6. The highest BCUT2D eigenvalue weighted by Gasteiger charge is 2.17. The molecule has 0 aliphatic carbocycles. The van der Waals surface area contributed by atoms with E-state index in [1.165, 1.54) is 7.11 Å². The molecule has 0 aliphatic rings. The van der Waals surface area contributed by atoms with Gasteiger partial charge in [0.15, 0.2) is 5.78 Å². The number of nitrogens with one attached hydrogen (secondary N) is 1. The summed E-state index contributed by atoms with van der Waals surface area (Å²) in [5.74, 6) is 0.843. The number of carbonyl (C=O) groups is 1. The lowest BCUT2D eigenvalue weighted by Crippen LogP contribution is -2.12. The summed E-state index contributed by atoms with van der Waals surface area (Å²) in [6, 6.07) is 10.6. The fourth-order valence-electron chi connectivity index (χ4n) is 2.52. The second-order valence-electron chi connectivity index (χ2n) is 5.94. The summed E-state index contributed by atoms with van der Waals surface area (Å²) in [5, 5.41) is 4.44. The Bertz CT molecular complexity index is 941. The zero-order chi connectivity index (χ0) is 18.0. The molecule has 0 aliphatic heterocycles. The second kappa shape index (κ2) is 7.07. The zero-order valence-electron chi connectivity index (χ0n) is 14.2. The van der Waals surface area contributed by atoms with Gasteiger partial charge in [-0.1, -0.05) is 23.7 Å². The van der Waals surface area contributed by atoms with Crippen molar-refractivity contribution in [3.63, 3.8) is 0 Å². The number of hydrogen-bond donors (Lipinski definition) is 1. The molecule has 0 saturated carbocycles. The van der Waals surface area contributed by atoms with Gasteiger partial charge in [-0.15, -0.1) is 0 Å². The van der Waals surface area contributed by atoms with Gasteiger partial charge in [0.2, 0.25) is 5.95 Å². The molecule has 2 aromatic carbocycles. The highest BCUT2D eigenvalue weighted by Crippen LogP contribution is 2.28. The van der Waals surface area contributed by atoms with E-state index >= 15 is 0 Å². The number of anilines is 1. The number of methoxy groups -OCH3 is 1. The van der Waals surface area contributed by atoms with Crippen molar-refractivity contribution >= 4 is 34.2 Å². The molecule has 0 unspecified atom stereocenters. The Morgan fingerprint density at radius 2 is 2.04 bits per heavy atom. The largest absolute Gasteiger partial charge is 0.496 e. The monoisotopic (exact) mass is 355 g/mol. The van der Waals surface area contributed by atoms with Crippen LogP contribution in [0.5, 0.6) is 5.75 Å². The van der Waals surface area contributed by atoms with E-state index < -0.39 is 0 Å². The van der Waals surface area contributed by atoms with Gasteiger partial charge in [0.25, 0.3) is 0 Å². The van der Waals surface area contributed by atoms with Crippen LogP contribution in [-0.4, -0.2) is 28.9 Å². The van der Waals surface area contributed by atoms with E-state index in [4.69, 9.17) is 16.3 Å². The number of rotatable bonds is 5. The van der Waals surface area contributed by atoms with Crippen molar-refractivity contribution in [1.29, 1.82) is 0 Å². The Balaban J connectivity index is 2.07. The number of benzene rings is 2. The van der Waals surface area contributed by atoms with E-state index in [0.717, 1.165) is 5.39 Å². The molecular formula is C19H18ClN3O2. The number of halogens is 1. The van der Waals surface area contributed by atoms with Crippen LogP contribution in [0.2, 0.25) is 5.02 Å². The standard InChI is InChI=1S/C19H18ClN3O2/c1-11(2)22-19-21-10-13-8-15(17(25-3)9-16(13)23-19)18(24)12-5-4-6-14(20)7-12/h4-11H,1-3H3,(H,21,22,23). The normalized spacial score (nSPS) is 10.9. The van der Waals surface area contributed by atoms with Crippen LogP contribution in [0, 0.1) is 0 Å². The SMILES string of the molecule is COc1cc2nc(NC(C)C)ncc2cc1C(=O)c1cccc(Cl)c1. The van der Waals surface area contributed by atoms with E-state index in [1.807, 2.05) is 13.8 Å². The maximum Gasteiger partial charge on any atom is 0.223 e. The number of hydrogen-bond acceptors (Lipinski definition) is 5. The average molecular weight is 356 g/mol. The lowest BCUT2D eigenvalue weighted by atomic mass is 10.0. The Morgan fingerprint density at radius 3 is 2.72 bits per heavy atom. The van der Waals surface area contributed by atoms with Crippen LogP contribution in [0.1, 0.15) is 29.8 Å². The fraction of sp³-hybridized carbons (Fsp3) is 0.211. The van der Waals surface area contributed by atoms with Crippen LogP contribution in [0.25, 0.3) is 10.9 Å². The van der Waals surface area contributed by atoms with Crippen molar-refractivity contribution in [2.75, 3.05) is 12.4 Å². The molecule has 1 N–H and O–H groups in total. The molecule has 0 atom stereocenters. The minimum atomic E-state index is -0.161. The van der Waals surface area contributed by atoms with Gasteiger partial charge in [-0.3, -0.25) is 4.79 Å². The van der Waals surface area contributed by atoms with Gasteiger partial charge in [0, 0.05) is 34.3 Å². The third-order valence-electron chi connectivity index (χ3n) is 3.65. The molecule has 6 heteroatoms. The Hall–Kier alpha value is -2.66. The van der Waals surface area contributed by atoms with Gasteiger partial charge < -0.3 is 10.1 Å². The van der Waals surface area contributed by atoms with Crippen molar-refractivity contribution in [3.8, 4) is 5.75 Å². The molecule has 3 aromatic rings. The molecule has 128 valence electrons. The van der Waals surface area contributed by atoms with Crippen LogP contribution in [0.15, 0.2) is 42.6 Å². The highest BCUT2D eigenvalue weighted by atomic mass is 35.5. The molecule has 5 nitrogen and oxygen atoms in total. The summed E-state index contributed by atoms with van der Waals surface area (Å²) < 4.78 is 5.41. The Labute approximate surface area is 151 Å². The molecular weight excluding hydrogens is 338 g/mol. The molecule has 0 spiro atoms. The minimum absolute atomic E-state index is 0.161. The molecule has 0 radical (unpaired) electrons. The van der Waals surface area contributed by atoms with Crippen LogP contribution >= 0.6 is 11.6 Å². The van der Waals surface area contributed by atoms with Gasteiger partial charge in [-0.25, -0.2) is 9.97 Å². The van der Waals surface area contributed by atoms with Crippen LogP contribution in [-0.2, 0) is 0 Å². The second-order valence-corrected chi connectivity index (χ2v) is 6.38. The first-order valence-corrected chi connectivity index (χ1v) is 8.27. The molecule has 0 saturated heterocycles. The van der Waals surface area contributed by atoms with Crippen molar-refractivity contribution in [2.24, 2.45) is 0 Å². The fourth-order valence-corrected chi connectivity index (χ4v) is 2.71. The first-order chi connectivity index (χ1) is 12.0. The van der Waals surface area contributed by atoms with Gasteiger partial charge in [0.05, 0.1) is 18.2 Å². The summed E-state index contributed by atoms with van der Waals surface area (Å²) in [5.41, 5.74) is 1.66. The molecule has 3 rings (SSSR count). The zero-order valence-corrected chi connectivity index (χ0v) is 15.0. The molecule has 0 amide bonds. The van der Waals surface area contributed by atoms with E-state index in [-0.39, 0.29) is 11.8 Å². The summed E-state index contributed by atoms with van der Waals surface area (Å²) in [6.07, 6.45) is 1.70. The van der Waals surface area contributed by atoms with E-state index in [9.17, 15) is 4.79 Å². The topological polar surface area (TPSA) is 64.1 Å². The maximum atomic E-state index is 12.8. The van der Waals surface area contributed by atoms with Crippen molar-refractivity contribution in [2.45, 2.75) is 19.9 Å². The van der Waals surface area contributed by atoms with Crippen molar-refractivity contribution in [3.05, 3.63) is 58.7 Å². The van der Waals surface area contributed by atoms with Crippen LogP contribution in [0.4, 0.5) is 5.95 Å². The van der Waals surface area contributed by atoms with Gasteiger partial charge in [0.1, 0.15) is 5.75 Å². The maximum absolute atomic E-state index is 12.8. The highest BCUT2D eigenvalue weighted by molar-refractivity contribution is 6.31. The number of ketones is 1. The Morgan fingerprint density at radius 1 is 1.24 bits per heavy atom. The van der Waals surface area contributed by atoms with Crippen LogP contribution in [0.3, 0.4) is 0 Å². The molecule has 1 heterocycles. The quantitative estimate of drug-likeness (QED) is 0.689. The molecule has 0 fully saturated rings. The first-order valence-electron chi connectivity index (χ1n) is 7.89. The van der Waals surface area contributed by atoms with Crippen molar-refractivity contribution < 1.29 is 9.53 Å². The Kier molecular flexibility index (Phi) is 4.86. The number of carbonyl (C=O) groups excluding carboxylic acids is 1. The lowest BCUT2D eigenvalue weighted by Gasteiger charge is -2.12. The van der Waals surface area contributed by atoms with E-state index in [2.05, 4.69) is 15.3 Å². The smallest absolute Gasteiger partial charge is 0.223 e. The van der Waals surface area contributed by atoms with Crippen molar-refractivity contribution in [1.82, 2.24) is 9.97 Å². The summed E-state index contributed by atoms with van der Waals surface area (Å²) >= 11 is 5.99. The van der Waals surface area contributed by atoms with E-state index in [1.54, 1.807) is 42.6 Å². The molecule has 1 aromatic heterocycles. The third-order valence-corrected chi connectivity index (χ3v) is 3.89. The third kappa shape index (κ3) is 3.72. The van der Waals surface area contributed by atoms with Crippen LogP contribution < -0.4 is 10.1 Å². The summed E-state index contributed by atoms with van der Waals surface area (Å²) in [6.45, 7) is 4.03. The predicted molar refractivity (Wildman–Crippen MR) is 99.7 cm³/mol. The predicted octanol–water partition coefficient (Wildman–Crippen LogP) is 4.34. The van der Waals surface area contributed by atoms with Gasteiger partial charge in [-0.05, 0) is 32.0 Å². The number of nitrogens with zero attached hydrogens (tertiary/aromatic N) is 2.